The van der Waals surface area contributed by atoms with Crippen LogP contribution < -0.4 is 21.5 Å². The van der Waals surface area contributed by atoms with Crippen LogP contribution in [0.2, 0.25) is 10.0 Å². The molecule has 216 valence electrons. The lowest BCUT2D eigenvalue weighted by molar-refractivity contribution is 0.0600. The van der Waals surface area contributed by atoms with Crippen molar-refractivity contribution in [1.29, 1.82) is 0 Å². The molecule has 3 amide bonds. The van der Waals surface area contributed by atoms with Crippen LogP contribution in [0.15, 0.2) is 65.7 Å². The van der Waals surface area contributed by atoms with E-state index in [-0.39, 0.29) is 39.4 Å². The van der Waals surface area contributed by atoms with Crippen LogP contribution in [-0.2, 0) is 11.3 Å². The third-order valence-corrected chi connectivity index (χ3v) is 6.63. The van der Waals surface area contributed by atoms with Crippen molar-refractivity contribution in [2.24, 2.45) is 0 Å². The molecule has 13 heteroatoms. The lowest BCUT2D eigenvalue weighted by atomic mass is 9.97. The Labute approximate surface area is 250 Å². The van der Waals surface area contributed by atoms with Crippen LogP contribution >= 0.6 is 23.2 Å². The molecule has 0 unspecified atom stereocenters. The molecule has 0 aliphatic rings. The number of anilines is 2. The SMILES string of the molecule is CCNC(=O)c1cc(C(=O)OC)cc(-c2cccc(-c3cc(NC(=O)Nc4c(Cl)cncc4Cl)c(=O)n(CC)n3)c2)c1. The van der Waals surface area contributed by atoms with E-state index in [1.165, 1.54) is 36.3 Å². The summed E-state index contributed by atoms with van der Waals surface area (Å²) < 4.78 is 6.09. The number of amides is 3. The molecule has 2 aromatic heterocycles. The Morgan fingerprint density at radius 3 is 2.26 bits per heavy atom. The number of benzene rings is 2. The third-order valence-electron chi connectivity index (χ3n) is 6.06. The van der Waals surface area contributed by atoms with Crippen molar-refractivity contribution in [1.82, 2.24) is 20.1 Å². The largest absolute Gasteiger partial charge is 0.465 e. The van der Waals surface area contributed by atoms with E-state index in [4.69, 9.17) is 27.9 Å². The van der Waals surface area contributed by atoms with Gasteiger partial charge in [-0.3, -0.25) is 14.6 Å². The number of urea groups is 1. The number of halogens is 2. The fourth-order valence-corrected chi connectivity index (χ4v) is 4.53. The molecule has 0 bridgehead atoms. The Balaban J connectivity index is 1.73. The number of hydrogen-bond acceptors (Lipinski definition) is 7. The standard InChI is InChI=1S/C29H26Cl2N6O5/c1-4-33-26(38)19-10-18(11-20(12-19)28(40)42-3)16-7-6-8-17(9-16)23-13-24(27(39)37(5-2)36-23)34-29(41)35-25-21(30)14-32-15-22(25)31/h6-15H,4-5H2,1-3H3,(H,33,38)(H2,32,34,35,41). The van der Waals surface area contributed by atoms with Gasteiger partial charge in [0.2, 0.25) is 0 Å². The summed E-state index contributed by atoms with van der Waals surface area (Å²) >= 11 is 12.2. The zero-order valence-corrected chi connectivity index (χ0v) is 24.3. The summed E-state index contributed by atoms with van der Waals surface area (Å²) in [6.45, 7) is 4.20. The molecule has 0 fully saturated rings. The van der Waals surface area contributed by atoms with Gasteiger partial charge in [-0.25, -0.2) is 14.3 Å². The Bertz CT molecular complexity index is 1720. The van der Waals surface area contributed by atoms with Crippen molar-refractivity contribution in [3.8, 4) is 22.4 Å². The molecule has 0 aliphatic carbocycles. The molecule has 0 saturated carbocycles. The quantitative estimate of drug-likeness (QED) is 0.225. The van der Waals surface area contributed by atoms with Gasteiger partial charge in [-0.2, -0.15) is 5.10 Å². The molecule has 4 rings (SSSR count). The highest BCUT2D eigenvalue weighted by Gasteiger charge is 2.17. The van der Waals surface area contributed by atoms with Gasteiger partial charge >= 0.3 is 12.0 Å². The number of methoxy groups -OCH3 is 1. The topological polar surface area (TPSA) is 144 Å². The number of carbonyl (C=O) groups is 3. The Kier molecular flexibility index (Phi) is 9.56. The van der Waals surface area contributed by atoms with Gasteiger partial charge in [0.25, 0.3) is 11.5 Å². The first-order valence-electron chi connectivity index (χ1n) is 12.8. The minimum atomic E-state index is -0.742. The molecular weight excluding hydrogens is 583 g/mol. The van der Waals surface area contributed by atoms with E-state index >= 15 is 0 Å². The Morgan fingerprint density at radius 2 is 1.60 bits per heavy atom. The van der Waals surface area contributed by atoms with Gasteiger partial charge in [0, 0.05) is 36.6 Å². The summed E-state index contributed by atoms with van der Waals surface area (Å²) in [6.07, 6.45) is 2.65. The fourth-order valence-electron chi connectivity index (χ4n) is 4.07. The third kappa shape index (κ3) is 6.76. The van der Waals surface area contributed by atoms with Gasteiger partial charge in [0.05, 0.1) is 34.1 Å². The van der Waals surface area contributed by atoms with Gasteiger partial charge in [0.1, 0.15) is 5.69 Å². The van der Waals surface area contributed by atoms with Gasteiger partial charge in [-0.15, -0.1) is 0 Å². The van der Waals surface area contributed by atoms with Crippen molar-refractivity contribution in [2.45, 2.75) is 20.4 Å². The second-order valence-corrected chi connectivity index (χ2v) is 9.67. The molecule has 2 heterocycles. The number of ether oxygens (including phenoxy) is 1. The van der Waals surface area contributed by atoms with Gasteiger partial charge in [-0.1, -0.05) is 41.4 Å². The maximum Gasteiger partial charge on any atom is 0.337 e. The first-order chi connectivity index (χ1) is 20.1. The summed E-state index contributed by atoms with van der Waals surface area (Å²) in [5.41, 5.74) is 2.38. The molecule has 2 aromatic carbocycles. The highest BCUT2D eigenvalue weighted by molar-refractivity contribution is 6.39. The number of rotatable bonds is 8. The van der Waals surface area contributed by atoms with E-state index in [2.05, 4.69) is 26.0 Å². The van der Waals surface area contributed by atoms with Gasteiger partial charge < -0.3 is 20.7 Å². The number of nitrogens with one attached hydrogen (secondary N) is 3. The van der Waals surface area contributed by atoms with Crippen LogP contribution in [0.3, 0.4) is 0 Å². The highest BCUT2D eigenvalue weighted by atomic mass is 35.5. The number of esters is 1. The normalized spacial score (nSPS) is 10.6. The average molecular weight is 609 g/mol. The predicted octanol–water partition coefficient (Wildman–Crippen LogP) is 5.48. The summed E-state index contributed by atoms with van der Waals surface area (Å²) in [4.78, 5) is 54.6. The molecule has 0 saturated heterocycles. The molecule has 0 aliphatic heterocycles. The summed E-state index contributed by atoms with van der Waals surface area (Å²) in [6, 6.07) is 12.6. The van der Waals surface area contributed by atoms with Crippen molar-refractivity contribution < 1.29 is 19.1 Å². The minimum absolute atomic E-state index is 0.0303. The van der Waals surface area contributed by atoms with Crippen LogP contribution in [0.25, 0.3) is 22.4 Å². The number of aryl methyl sites for hydroxylation is 1. The molecular formula is C29H26Cl2N6O5. The van der Waals surface area contributed by atoms with E-state index in [1.807, 2.05) is 6.07 Å². The molecule has 4 aromatic rings. The van der Waals surface area contributed by atoms with E-state index in [0.717, 1.165) is 0 Å². The van der Waals surface area contributed by atoms with Crippen molar-refractivity contribution in [3.05, 3.63) is 92.5 Å². The summed E-state index contributed by atoms with van der Waals surface area (Å²) in [5.74, 6) is -0.917. The number of carbonyl (C=O) groups excluding carboxylic acids is 3. The number of aromatic nitrogens is 3. The smallest absolute Gasteiger partial charge is 0.337 e. The molecule has 0 atom stereocenters. The van der Waals surface area contributed by atoms with Crippen LogP contribution in [0.5, 0.6) is 0 Å². The molecule has 3 N–H and O–H groups in total. The zero-order chi connectivity index (χ0) is 30.4. The molecule has 42 heavy (non-hydrogen) atoms. The first kappa shape index (κ1) is 30.2. The molecule has 11 nitrogen and oxygen atoms in total. The Hall–Kier alpha value is -4.74. The highest BCUT2D eigenvalue weighted by Crippen LogP contribution is 2.30. The van der Waals surface area contributed by atoms with Crippen LogP contribution in [0, 0.1) is 0 Å². The number of pyridine rings is 1. The predicted molar refractivity (Wildman–Crippen MR) is 161 cm³/mol. The van der Waals surface area contributed by atoms with Crippen LogP contribution in [-0.4, -0.2) is 46.3 Å². The maximum atomic E-state index is 13.0. The van der Waals surface area contributed by atoms with Gasteiger partial charge in [-0.05, 0) is 55.3 Å². The molecule has 0 spiro atoms. The van der Waals surface area contributed by atoms with E-state index in [1.54, 1.807) is 44.2 Å². The average Bonchev–Trinajstić information content (AvgIpc) is 2.99. The first-order valence-corrected chi connectivity index (χ1v) is 13.5. The lowest BCUT2D eigenvalue weighted by Gasteiger charge is -2.13. The maximum absolute atomic E-state index is 13.0. The summed E-state index contributed by atoms with van der Waals surface area (Å²) in [7, 11) is 1.27. The van der Waals surface area contributed by atoms with Crippen molar-refractivity contribution in [2.75, 3.05) is 24.3 Å². The van der Waals surface area contributed by atoms with E-state index < -0.39 is 17.6 Å². The number of nitrogens with zero attached hydrogens (tertiary/aromatic N) is 3. The minimum Gasteiger partial charge on any atom is -0.465 e. The second kappa shape index (κ2) is 13.3. The van der Waals surface area contributed by atoms with E-state index in [9.17, 15) is 19.2 Å². The van der Waals surface area contributed by atoms with Crippen molar-refractivity contribution in [3.63, 3.8) is 0 Å². The monoisotopic (exact) mass is 608 g/mol. The number of hydrogen-bond donors (Lipinski definition) is 3. The summed E-state index contributed by atoms with van der Waals surface area (Å²) in [5, 5.41) is 12.5. The zero-order valence-electron chi connectivity index (χ0n) is 22.8. The van der Waals surface area contributed by atoms with Crippen LogP contribution in [0.4, 0.5) is 16.2 Å². The lowest BCUT2D eigenvalue weighted by Crippen LogP contribution is -2.29. The second-order valence-electron chi connectivity index (χ2n) is 8.85. The molecule has 0 radical (unpaired) electrons. The Morgan fingerprint density at radius 1 is 0.905 bits per heavy atom. The van der Waals surface area contributed by atoms with E-state index in [0.29, 0.717) is 34.5 Å². The van der Waals surface area contributed by atoms with Crippen LogP contribution in [0.1, 0.15) is 34.6 Å². The van der Waals surface area contributed by atoms with Gasteiger partial charge in [0.15, 0.2) is 0 Å². The fraction of sp³-hybridized carbons (Fsp3) is 0.172. The van der Waals surface area contributed by atoms with Crippen molar-refractivity contribution >= 4 is 52.5 Å².